The van der Waals surface area contributed by atoms with Gasteiger partial charge < -0.3 is 35.3 Å². The van der Waals surface area contributed by atoms with Crippen molar-refractivity contribution in [3.63, 3.8) is 0 Å². The second-order valence-corrected chi connectivity index (χ2v) is 11.9. The van der Waals surface area contributed by atoms with Gasteiger partial charge >= 0.3 is 5.97 Å². The fourth-order valence-electron chi connectivity index (χ4n) is 5.32. The number of esters is 1. The molecular formula is C34H47N3O8. The van der Waals surface area contributed by atoms with Gasteiger partial charge in [0.25, 0.3) is 11.8 Å². The molecule has 1 fully saturated rings. The summed E-state index contributed by atoms with van der Waals surface area (Å²) >= 11 is 0. The van der Waals surface area contributed by atoms with Gasteiger partial charge in [0.2, 0.25) is 5.78 Å². The summed E-state index contributed by atoms with van der Waals surface area (Å²) in [4.78, 5) is 53.3. The molecule has 3 rings (SSSR count). The molecule has 1 saturated heterocycles. The Kier molecular flexibility index (Phi) is 12.8. The van der Waals surface area contributed by atoms with E-state index in [1.807, 2.05) is 31.2 Å². The minimum atomic E-state index is -0.938. The number of amides is 2. The zero-order valence-electron chi connectivity index (χ0n) is 27.0. The number of carbonyl (C=O) groups is 4. The monoisotopic (exact) mass is 625 g/mol. The number of nitrogens with two attached hydrogens (primary N) is 2. The first kappa shape index (κ1) is 35.4. The number of ketones is 1. The van der Waals surface area contributed by atoms with E-state index in [1.54, 1.807) is 46.3 Å². The van der Waals surface area contributed by atoms with Gasteiger partial charge in [0.15, 0.2) is 17.6 Å². The molecule has 0 spiro atoms. The third kappa shape index (κ3) is 8.97. The molecule has 1 aliphatic heterocycles. The molecule has 45 heavy (non-hydrogen) atoms. The van der Waals surface area contributed by atoms with Crippen LogP contribution in [0.4, 0.5) is 0 Å². The summed E-state index contributed by atoms with van der Waals surface area (Å²) in [5.41, 5.74) is 12.0. The predicted molar refractivity (Wildman–Crippen MR) is 169 cm³/mol. The van der Waals surface area contributed by atoms with Crippen LogP contribution >= 0.6 is 0 Å². The number of para-hydroxylation sites is 1. The van der Waals surface area contributed by atoms with Gasteiger partial charge in [-0.25, -0.2) is 4.79 Å². The standard InChI is InChI=1S/C34H47N3O8/c1-6-34(2,3)30(38)32(40)37-18-10-9-12-25(37)33(41)44-21-23(19-22-14-15-27(42-4)29(20-22)43-5)24-11-7-8-13-26(24)45-28(16-17-35)31(36)39/h7-8,11,13-15,20,23,25,28H,6,9-10,12,16-19,21,35H2,1-5H3,(H2,36,39). The van der Waals surface area contributed by atoms with Crippen molar-refractivity contribution in [2.75, 3.05) is 33.9 Å². The van der Waals surface area contributed by atoms with Crippen molar-refractivity contribution >= 4 is 23.6 Å². The number of methoxy groups -OCH3 is 2. The van der Waals surface area contributed by atoms with Crippen LogP contribution in [0, 0.1) is 5.41 Å². The molecule has 2 aromatic rings. The van der Waals surface area contributed by atoms with E-state index >= 15 is 0 Å². The number of hydrogen-bond acceptors (Lipinski definition) is 9. The average Bonchev–Trinajstić information content (AvgIpc) is 3.05. The van der Waals surface area contributed by atoms with E-state index in [-0.39, 0.29) is 19.6 Å². The Labute approximate surface area is 265 Å². The molecule has 246 valence electrons. The Morgan fingerprint density at radius 1 is 1.00 bits per heavy atom. The highest BCUT2D eigenvalue weighted by Gasteiger charge is 2.40. The molecule has 3 unspecified atom stereocenters. The van der Waals surface area contributed by atoms with E-state index in [0.717, 1.165) is 12.0 Å². The number of benzene rings is 2. The summed E-state index contributed by atoms with van der Waals surface area (Å²) in [5, 5.41) is 0. The van der Waals surface area contributed by atoms with E-state index in [0.29, 0.717) is 55.0 Å². The van der Waals surface area contributed by atoms with Gasteiger partial charge in [-0.05, 0) is 62.4 Å². The minimum absolute atomic E-state index is 0.0569. The Morgan fingerprint density at radius 2 is 1.71 bits per heavy atom. The van der Waals surface area contributed by atoms with E-state index in [9.17, 15) is 19.2 Å². The zero-order valence-corrected chi connectivity index (χ0v) is 27.0. The normalized spacial score (nSPS) is 16.3. The molecule has 0 aromatic heterocycles. The van der Waals surface area contributed by atoms with Crippen LogP contribution in [0.5, 0.6) is 17.2 Å². The van der Waals surface area contributed by atoms with Crippen molar-refractivity contribution in [3.05, 3.63) is 53.6 Å². The lowest BCUT2D eigenvalue weighted by Crippen LogP contribution is -2.53. The van der Waals surface area contributed by atoms with Crippen molar-refractivity contribution < 1.29 is 38.1 Å². The highest BCUT2D eigenvalue weighted by Crippen LogP contribution is 2.34. The van der Waals surface area contributed by atoms with Crippen LogP contribution in [-0.4, -0.2) is 74.5 Å². The molecule has 0 radical (unpaired) electrons. The number of primary amides is 1. The summed E-state index contributed by atoms with van der Waals surface area (Å²) in [6.45, 7) is 5.79. The van der Waals surface area contributed by atoms with Crippen molar-refractivity contribution in [1.29, 1.82) is 0 Å². The lowest BCUT2D eigenvalue weighted by atomic mass is 9.84. The zero-order chi connectivity index (χ0) is 33.1. The quantitative estimate of drug-likeness (QED) is 0.210. The molecule has 1 aliphatic rings. The number of hydrogen-bond donors (Lipinski definition) is 2. The van der Waals surface area contributed by atoms with Gasteiger partial charge in [0.05, 0.1) is 20.8 Å². The molecule has 2 amide bonds. The number of rotatable bonds is 16. The highest BCUT2D eigenvalue weighted by atomic mass is 16.5. The summed E-state index contributed by atoms with van der Waals surface area (Å²) < 4.78 is 22.9. The van der Waals surface area contributed by atoms with Crippen molar-refractivity contribution in [2.24, 2.45) is 16.9 Å². The van der Waals surface area contributed by atoms with Crippen LogP contribution in [0.1, 0.15) is 69.9 Å². The molecule has 4 N–H and O–H groups in total. The predicted octanol–water partition coefficient (Wildman–Crippen LogP) is 3.54. The third-order valence-corrected chi connectivity index (χ3v) is 8.46. The van der Waals surface area contributed by atoms with Gasteiger partial charge in [0.1, 0.15) is 11.8 Å². The fraction of sp³-hybridized carbons (Fsp3) is 0.529. The van der Waals surface area contributed by atoms with Crippen LogP contribution in [0.15, 0.2) is 42.5 Å². The van der Waals surface area contributed by atoms with Crippen LogP contribution in [0.25, 0.3) is 0 Å². The van der Waals surface area contributed by atoms with Crippen LogP contribution in [-0.2, 0) is 30.3 Å². The maximum absolute atomic E-state index is 13.6. The molecular weight excluding hydrogens is 578 g/mol. The highest BCUT2D eigenvalue weighted by molar-refractivity contribution is 6.38. The first-order valence-corrected chi connectivity index (χ1v) is 15.4. The smallest absolute Gasteiger partial charge is 0.328 e. The number of carbonyl (C=O) groups excluding carboxylic acids is 4. The first-order valence-electron chi connectivity index (χ1n) is 15.4. The fourth-order valence-corrected chi connectivity index (χ4v) is 5.32. The minimum Gasteiger partial charge on any atom is -0.493 e. The summed E-state index contributed by atoms with van der Waals surface area (Å²) in [5.74, 6) is -1.27. The summed E-state index contributed by atoms with van der Waals surface area (Å²) in [6.07, 6.45) is 2.04. The van der Waals surface area contributed by atoms with Gasteiger partial charge in [-0.15, -0.1) is 0 Å². The number of Topliss-reactive ketones (excluding diaryl/α,β-unsaturated/α-hetero) is 1. The second kappa shape index (κ2) is 16.3. The van der Waals surface area contributed by atoms with Crippen LogP contribution in [0.2, 0.25) is 0 Å². The van der Waals surface area contributed by atoms with Crippen LogP contribution < -0.4 is 25.7 Å². The van der Waals surface area contributed by atoms with E-state index in [2.05, 4.69) is 0 Å². The van der Waals surface area contributed by atoms with Gasteiger partial charge in [-0.3, -0.25) is 14.4 Å². The van der Waals surface area contributed by atoms with Crippen molar-refractivity contribution in [1.82, 2.24) is 4.90 Å². The van der Waals surface area contributed by atoms with Gasteiger partial charge in [-0.2, -0.15) is 0 Å². The van der Waals surface area contributed by atoms with E-state index in [4.69, 9.17) is 30.4 Å². The summed E-state index contributed by atoms with van der Waals surface area (Å²) in [7, 11) is 3.11. The molecule has 0 aliphatic carbocycles. The number of nitrogens with zero attached hydrogens (tertiary/aromatic N) is 1. The number of likely N-dealkylation sites (tertiary alicyclic amines) is 1. The Morgan fingerprint density at radius 3 is 2.36 bits per heavy atom. The number of ether oxygens (including phenoxy) is 4. The van der Waals surface area contributed by atoms with E-state index < -0.39 is 47.0 Å². The SMILES string of the molecule is CCC(C)(C)C(=O)C(=O)N1CCCCC1C(=O)OCC(Cc1ccc(OC)c(OC)c1)c1ccccc1OC(CCN)C(N)=O. The molecule has 0 saturated carbocycles. The second-order valence-electron chi connectivity index (χ2n) is 11.9. The topological polar surface area (TPSA) is 160 Å². The maximum Gasteiger partial charge on any atom is 0.328 e. The maximum atomic E-state index is 13.6. The molecule has 11 nitrogen and oxygen atoms in total. The average molecular weight is 626 g/mol. The molecule has 1 heterocycles. The summed E-state index contributed by atoms with van der Waals surface area (Å²) in [6, 6.07) is 11.9. The van der Waals surface area contributed by atoms with Crippen molar-refractivity contribution in [3.8, 4) is 17.2 Å². The molecule has 3 atom stereocenters. The first-order chi connectivity index (χ1) is 21.5. The Balaban J connectivity index is 1.92. The Hall–Kier alpha value is -4.12. The van der Waals surface area contributed by atoms with Crippen molar-refractivity contribution in [2.45, 2.75) is 77.4 Å². The lowest BCUT2D eigenvalue weighted by Gasteiger charge is -2.35. The third-order valence-electron chi connectivity index (χ3n) is 8.46. The van der Waals surface area contributed by atoms with E-state index in [1.165, 1.54) is 4.90 Å². The van der Waals surface area contributed by atoms with Crippen LogP contribution in [0.3, 0.4) is 0 Å². The molecule has 0 bridgehead atoms. The molecule has 2 aromatic carbocycles. The molecule has 11 heteroatoms. The van der Waals surface area contributed by atoms with Gasteiger partial charge in [-0.1, -0.05) is 45.0 Å². The Bertz CT molecular complexity index is 1340. The van der Waals surface area contributed by atoms with Gasteiger partial charge in [0, 0.05) is 29.9 Å². The number of piperidine rings is 1. The largest absolute Gasteiger partial charge is 0.493 e. The lowest BCUT2D eigenvalue weighted by molar-refractivity contribution is -0.161.